The lowest BCUT2D eigenvalue weighted by Gasteiger charge is -2.50. The van der Waals surface area contributed by atoms with Crippen molar-refractivity contribution >= 4 is 17.6 Å². The summed E-state index contributed by atoms with van der Waals surface area (Å²) in [5.41, 5.74) is 5.56. The molecule has 7 nitrogen and oxygen atoms in total. The van der Waals surface area contributed by atoms with Crippen LogP contribution in [0.15, 0.2) is 65.8 Å². The molecule has 1 saturated heterocycles. The highest BCUT2D eigenvalue weighted by atomic mass is 16.2. The number of hydrazone groups is 1. The summed E-state index contributed by atoms with van der Waals surface area (Å²) in [5.74, 6) is 1.40. The van der Waals surface area contributed by atoms with Gasteiger partial charge in [0.15, 0.2) is 6.29 Å². The Morgan fingerprint density at radius 2 is 1.80 bits per heavy atom. The SMILES string of the molecule is CC(CNC(=O)CCC1=NNC2N(Cc3ccccc3)C(=O)C3CCCCC3N12)c1ccccc1. The number of rotatable bonds is 8. The minimum Gasteiger partial charge on any atom is -0.355 e. The Bertz CT molecular complexity index is 1060. The number of hydrogen-bond acceptors (Lipinski definition) is 5. The summed E-state index contributed by atoms with van der Waals surface area (Å²) in [5, 5.41) is 7.72. The van der Waals surface area contributed by atoms with Crippen LogP contribution in [0.4, 0.5) is 0 Å². The molecule has 0 radical (unpaired) electrons. The van der Waals surface area contributed by atoms with Gasteiger partial charge in [0.25, 0.3) is 0 Å². The van der Waals surface area contributed by atoms with Crippen LogP contribution in [0, 0.1) is 5.92 Å². The van der Waals surface area contributed by atoms with E-state index in [0.29, 0.717) is 25.9 Å². The van der Waals surface area contributed by atoms with Crippen LogP contribution in [0.1, 0.15) is 62.5 Å². The molecule has 0 aromatic heterocycles. The number of carbonyl (C=O) groups is 2. The molecule has 5 rings (SSSR count). The third-order valence-corrected chi connectivity index (χ3v) is 7.60. The fourth-order valence-corrected chi connectivity index (χ4v) is 5.66. The molecule has 4 atom stereocenters. The lowest BCUT2D eigenvalue weighted by atomic mass is 9.80. The zero-order valence-electron chi connectivity index (χ0n) is 20.4. The van der Waals surface area contributed by atoms with Gasteiger partial charge in [-0.15, -0.1) is 0 Å². The van der Waals surface area contributed by atoms with Gasteiger partial charge in [0.05, 0.1) is 5.92 Å². The van der Waals surface area contributed by atoms with Crippen LogP contribution in [0.25, 0.3) is 0 Å². The van der Waals surface area contributed by atoms with Gasteiger partial charge >= 0.3 is 0 Å². The number of nitrogens with zero attached hydrogens (tertiary/aromatic N) is 3. The Balaban J connectivity index is 1.22. The first-order chi connectivity index (χ1) is 17.1. The molecule has 2 aromatic carbocycles. The largest absolute Gasteiger partial charge is 0.355 e. The molecule has 7 heteroatoms. The van der Waals surface area contributed by atoms with Crippen molar-refractivity contribution in [3.63, 3.8) is 0 Å². The van der Waals surface area contributed by atoms with E-state index in [2.05, 4.69) is 51.9 Å². The maximum atomic E-state index is 13.5. The normalized spacial score (nSPS) is 24.2. The van der Waals surface area contributed by atoms with Gasteiger partial charge < -0.3 is 10.2 Å². The van der Waals surface area contributed by atoms with Crippen molar-refractivity contribution in [2.45, 2.75) is 70.2 Å². The van der Waals surface area contributed by atoms with Crippen molar-refractivity contribution in [2.24, 2.45) is 11.0 Å². The van der Waals surface area contributed by atoms with E-state index in [0.717, 1.165) is 37.1 Å². The number of carbonyl (C=O) groups excluding carboxylic acids is 2. The van der Waals surface area contributed by atoms with Crippen LogP contribution in [0.3, 0.4) is 0 Å². The fraction of sp³-hybridized carbons (Fsp3) is 0.464. The zero-order valence-corrected chi connectivity index (χ0v) is 20.4. The highest BCUT2D eigenvalue weighted by Crippen LogP contribution is 2.38. The summed E-state index contributed by atoms with van der Waals surface area (Å²) in [7, 11) is 0. The quantitative estimate of drug-likeness (QED) is 0.612. The molecule has 4 unspecified atom stereocenters. The Labute approximate surface area is 207 Å². The summed E-state index contributed by atoms with van der Waals surface area (Å²) >= 11 is 0. The van der Waals surface area contributed by atoms with Crippen molar-refractivity contribution in [3.05, 3.63) is 71.8 Å². The molecule has 0 bridgehead atoms. The van der Waals surface area contributed by atoms with E-state index in [-0.39, 0.29) is 36.0 Å². The molecule has 2 N–H and O–H groups in total. The molecule has 2 heterocycles. The second kappa shape index (κ2) is 10.5. The van der Waals surface area contributed by atoms with Crippen molar-refractivity contribution < 1.29 is 9.59 Å². The first-order valence-electron chi connectivity index (χ1n) is 12.9. The monoisotopic (exact) mass is 473 g/mol. The van der Waals surface area contributed by atoms with Gasteiger partial charge in [-0.2, -0.15) is 5.10 Å². The smallest absolute Gasteiger partial charge is 0.231 e. The fourth-order valence-electron chi connectivity index (χ4n) is 5.66. The molecule has 2 fully saturated rings. The Hall–Kier alpha value is -3.35. The molecule has 184 valence electrons. The second-order valence-electron chi connectivity index (χ2n) is 9.96. The highest BCUT2D eigenvalue weighted by Gasteiger charge is 2.50. The average molecular weight is 474 g/mol. The molecule has 0 spiro atoms. The summed E-state index contributed by atoms with van der Waals surface area (Å²) in [6.07, 6.45) is 4.80. The standard InChI is InChI=1S/C28H35N5O2/c1-20(22-12-6-3-7-13-22)18-29-26(34)17-16-25-30-31-28-32(19-21-10-4-2-5-11-21)27(35)23-14-8-9-15-24(23)33(25)28/h2-7,10-13,20,23-24,28,31H,8-9,14-19H2,1H3,(H,29,34). The van der Waals surface area contributed by atoms with Crippen LogP contribution in [0.5, 0.6) is 0 Å². The number of nitrogens with one attached hydrogen (secondary N) is 2. The Kier molecular flexibility index (Phi) is 7.02. The van der Waals surface area contributed by atoms with E-state index in [1.807, 2.05) is 41.3 Å². The van der Waals surface area contributed by atoms with E-state index in [1.54, 1.807) is 0 Å². The molecule has 1 aliphatic carbocycles. The number of benzene rings is 2. The highest BCUT2D eigenvalue weighted by molar-refractivity contribution is 5.91. The lowest BCUT2D eigenvalue weighted by Crippen LogP contribution is -2.67. The second-order valence-corrected chi connectivity index (χ2v) is 9.96. The third-order valence-electron chi connectivity index (χ3n) is 7.60. The minimum atomic E-state index is -0.279. The van der Waals surface area contributed by atoms with Gasteiger partial charge in [0, 0.05) is 32.0 Å². The molecular weight excluding hydrogens is 438 g/mol. The van der Waals surface area contributed by atoms with Gasteiger partial charge in [-0.25, -0.2) is 0 Å². The molecule has 1 saturated carbocycles. The lowest BCUT2D eigenvalue weighted by molar-refractivity contribution is -0.156. The number of fused-ring (bicyclic) bond motifs is 3. The van der Waals surface area contributed by atoms with Crippen LogP contribution in [-0.2, 0) is 16.1 Å². The minimum absolute atomic E-state index is 0.00522. The Morgan fingerprint density at radius 1 is 1.09 bits per heavy atom. The number of amides is 2. The van der Waals surface area contributed by atoms with Gasteiger partial charge in [0.2, 0.25) is 11.8 Å². The van der Waals surface area contributed by atoms with E-state index in [9.17, 15) is 9.59 Å². The predicted molar refractivity (Wildman–Crippen MR) is 136 cm³/mol. The van der Waals surface area contributed by atoms with E-state index in [1.165, 1.54) is 5.56 Å². The van der Waals surface area contributed by atoms with Crippen LogP contribution >= 0.6 is 0 Å². The van der Waals surface area contributed by atoms with Crippen molar-refractivity contribution in [1.82, 2.24) is 20.5 Å². The molecule has 2 aromatic rings. The van der Waals surface area contributed by atoms with Gasteiger partial charge in [-0.1, -0.05) is 80.4 Å². The third kappa shape index (κ3) is 5.04. The first kappa shape index (κ1) is 23.4. The predicted octanol–water partition coefficient (Wildman–Crippen LogP) is 3.79. The molecule has 35 heavy (non-hydrogen) atoms. The van der Waals surface area contributed by atoms with Crippen LogP contribution in [-0.4, -0.2) is 46.3 Å². The molecular formula is C28H35N5O2. The molecule has 2 amide bonds. The number of amidine groups is 1. The average Bonchev–Trinajstić information content (AvgIpc) is 3.33. The molecule has 2 aliphatic heterocycles. The van der Waals surface area contributed by atoms with Gasteiger partial charge in [-0.05, 0) is 29.9 Å². The van der Waals surface area contributed by atoms with Crippen molar-refractivity contribution in [1.29, 1.82) is 0 Å². The first-order valence-corrected chi connectivity index (χ1v) is 12.9. The maximum Gasteiger partial charge on any atom is 0.231 e. The summed E-state index contributed by atoms with van der Waals surface area (Å²) in [6, 6.07) is 20.5. The van der Waals surface area contributed by atoms with Crippen LogP contribution in [0.2, 0.25) is 0 Å². The summed E-state index contributed by atoms with van der Waals surface area (Å²) in [6.45, 7) is 3.29. The zero-order chi connectivity index (χ0) is 24.2. The Morgan fingerprint density at radius 3 is 2.57 bits per heavy atom. The van der Waals surface area contributed by atoms with Gasteiger partial charge in [0.1, 0.15) is 5.84 Å². The maximum absolute atomic E-state index is 13.5. The molecule has 3 aliphatic rings. The summed E-state index contributed by atoms with van der Waals surface area (Å²) in [4.78, 5) is 30.4. The summed E-state index contributed by atoms with van der Waals surface area (Å²) < 4.78 is 0. The van der Waals surface area contributed by atoms with Crippen LogP contribution < -0.4 is 10.7 Å². The topological polar surface area (TPSA) is 77.0 Å². The van der Waals surface area contributed by atoms with Crippen molar-refractivity contribution in [2.75, 3.05) is 6.54 Å². The van der Waals surface area contributed by atoms with E-state index >= 15 is 0 Å². The number of hydrogen-bond donors (Lipinski definition) is 2. The van der Waals surface area contributed by atoms with E-state index < -0.39 is 0 Å². The van der Waals surface area contributed by atoms with E-state index in [4.69, 9.17) is 0 Å². The van der Waals surface area contributed by atoms with Crippen molar-refractivity contribution in [3.8, 4) is 0 Å². The van der Waals surface area contributed by atoms with Gasteiger partial charge in [-0.3, -0.25) is 19.9 Å².